The first-order valence-electron chi connectivity index (χ1n) is 4.95. The van der Waals surface area contributed by atoms with Crippen molar-refractivity contribution < 1.29 is 9.13 Å². The Morgan fingerprint density at radius 1 is 1.53 bits per heavy atom. The molecule has 4 heteroatoms. The van der Waals surface area contributed by atoms with Crippen LogP contribution in [0.25, 0.3) is 0 Å². The molecule has 0 saturated carbocycles. The smallest absolute Gasteiger partial charge is 0.129 e. The molecule has 1 aliphatic rings. The first-order chi connectivity index (χ1) is 7.18. The van der Waals surface area contributed by atoms with E-state index in [0.29, 0.717) is 18.8 Å². The number of rotatable bonds is 1. The number of hydrogen-bond acceptors (Lipinski definition) is 2. The molecule has 2 nitrogen and oxygen atoms in total. The molecule has 2 rings (SSSR count). The van der Waals surface area contributed by atoms with Crippen molar-refractivity contribution in [1.82, 2.24) is 5.32 Å². The molecule has 1 fully saturated rings. The molecule has 1 aliphatic heterocycles. The summed E-state index contributed by atoms with van der Waals surface area (Å²) in [7, 11) is 0. The molecule has 0 spiro atoms. The molecular weight excluding hydrogens is 261 g/mol. The van der Waals surface area contributed by atoms with Gasteiger partial charge in [0, 0.05) is 16.6 Å². The molecule has 1 aromatic carbocycles. The van der Waals surface area contributed by atoms with Gasteiger partial charge in [-0.05, 0) is 18.6 Å². The maximum absolute atomic E-state index is 13.7. The highest BCUT2D eigenvalue weighted by Crippen LogP contribution is 2.25. The Morgan fingerprint density at radius 3 is 3.00 bits per heavy atom. The van der Waals surface area contributed by atoms with E-state index >= 15 is 0 Å². The molecule has 1 saturated heterocycles. The minimum absolute atomic E-state index is 0.0226. The zero-order chi connectivity index (χ0) is 10.8. The fraction of sp³-hybridized carbons (Fsp3) is 0.455. The normalized spacial score (nSPS) is 21.7. The molecule has 1 N–H and O–H groups in total. The summed E-state index contributed by atoms with van der Waals surface area (Å²) in [5.74, 6) is -0.185. The van der Waals surface area contributed by atoms with Gasteiger partial charge in [0.2, 0.25) is 0 Å². The monoisotopic (exact) mass is 273 g/mol. The molecule has 0 amide bonds. The van der Waals surface area contributed by atoms with Gasteiger partial charge in [0.1, 0.15) is 5.82 Å². The van der Waals surface area contributed by atoms with Crippen LogP contribution in [-0.2, 0) is 4.74 Å². The lowest BCUT2D eigenvalue weighted by atomic mass is 10.0. The molecular formula is C11H13BrFNO. The van der Waals surface area contributed by atoms with Crippen molar-refractivity contribution in [3.05, 3.63) is 33.5 Å². The molecule has 0 bridgehead atoms. The fourth-order valence-electron chi connectivity index (χ4n) is 1.71. The van der Waals surface area contributed by atoms with Crippen molar-refractivity contribution in [2.45, 2.75) is 13.0 Å². The number of benzene rings is 1. The van der Waals surface area contributed by atoms with E-state index < -0.39 is 0 Å². The Kier molecular flexibility index (Phi) is 3.38. The highest BCUT2D eigenvalue weighted by Gasteiger charge is 2.19. The maximum Gasteiger partial charge on any atom is 0.129 e. The summed E-state index contributed by atoms with van der Waals surface area (Å²) in [5, 5.41) is 3.24. The second-order valence-corrected chi connectivity index (χ2v) is 4.56. The van der Waals surface area contributed by atoms with Crippen LogP contribution in [0.5, 0.6) is 0 Å². The van der Waals surface area contributed by atoms with Crippen molar-refractivity contribution in [3.8, 4) is 0 Å². The molecule has 1 atom stereocenters. The van der Waals surface area contributed by atoms with Gasteiger partial charge in [0.15, 0.2) is 0 Å². The van der Waals surface area contributed by atoms with Gasteiger partial charge in [-0.3, -0.25) is 0 Å². The molecule has 1 aromatic rings. The van der Waals surface area contributed by atoms with Crippen LogP contribution in [0.2, 0.25) is 0 Å². The van der Waals surface area contributed by atoms with Crippen LogP contribution in [0, 0.1) is 12.7 Å². The van der Waals surface area contributed by atoms with Crippen molar-refractivity contribution in [3.63, 3.8) is 0 Å². The number of aryl methyl sites for hydroxylation is 1. The predicted molar refractivity (Wildman–Crippen MR) is 60.4 cm³/mol. The van der Waals surface area contributed by atoms with E-state index in [1.165, 1.54) is 6.07 Å². The summed E-state index contributed by atoms with van der Waals surface area (Å²) in [4.78, 5) is 0. The minimum atomic E-state index is -0.185. The Hall–Kier alpha value is -0.450. The van der Waals surface area contributed by atoms with Gasteiger partial charge in [0.25, 0.3) is 0 Å². The summed E-state index contributed by atoms with van der Waals surface area (Å²) in [6, 6.07) is 3.36. The Labute approximate surface area is 96.9 Å². The van der Waals surface area contributed by atoms with E-state index in [-0.39, 0.29) is 11.9 Å². The zero-order valence-corrected chi connectivity index (χ0v) is 10.1. The Morgan fingerprint density at radius 2 is 2.33 bits per heavy atom. The zero-order valence-electron chi connectivity index (χ0n) is 8.52. The van der Waals surface area contributed by atoms with Crippen LogP contribution in [0.4, 0.5) is 4.39 Å². The topological polar surface area (TPSA) is 21.3 Å². The van der Waals surface area contributed by atoms with E-state index in [1.807, 2.05) is 13.0 Å². The molecule has 15 heavy (non-hydrogen) atoms. The molecule has 1 unspecified atom stereocenters. The molecule has 1 heterocycles. The van der Waals surface area contributed by atoms with Crippen molar-refractivity contribution in [2.24, 2.45) is 0 Å². The third-order valence-electron chi connectivity index (χ3n) is 2.58. The van der Waals surface area contributed by atoms with Crippen LogP contribution in [-0.4, -0.2) is 19.8 Å². The van der Waals surface area contributed by atoms with E-state index in [9.17, 15) is 4.39 Å². The second kappa shape index (κ2) is 4.60. The first kappa shape index (κ1) is 11.0. The predicted octanol–water partition coefficient (Wildman–Crippen LogP) is 2.56. The summed E-state index contributed by atoms with van der Waals surface area (Å²) in [5.41, 5.74) is 1.73. The Balaban J connectivity index is 2.30. The largest absolute Gasteiger partial charge is 0.378 e. The quantitative estimate of drug-likeness (QED) is 0.849. The lowest BCUT2D eigenvalue weighted by Crippen LogP contribution is -2.35. The number of ether oxygens (including phenoxy) is 1. The van der Waals surface area contributed by atoms with Crippen LogP contribution < -0.4 is 5.32 Å². The number of halogens is 2. The Bertz CT molecular complexity index is 364. The van der Waals surface area contributed by atoms with Crippen LogP contribution in [0.3, 0.4) is 0 Å². The average Bonchev–Trinajstić information content (AvgIpc) is 2.25. The minimum Gasteiger partial charge on any atom is -0.378 e. The van der Waals surface area contributed by atoms with Crippen LogP contribution in [0.1, 0.15) is 17.2 Å². The van der Waals surface area contributed by atoms with E-state index in [1.54, 1.807) is 0 Å². The maximum atomic E-state index is 13.7. The molecule has 0 aliphatic carbocycles. The first-order valence-corrected chi connectivity index (χ1v) is 5.74. The van der Waals surface area contributed by atoms with Gasteiger partial charge in [-0.2, -0.15) is 0 Å². The number of hydrogen-bond donors (Lipinski definition) is 1. The average molecular weight is 274 g/mol. The highest BCUT2D eigenvalue weighted by atomic mass is 79.9. The standard InChI is InChI=1S/C11H13BrFNO/c1-7-4-8(10(13)5-9(7)12)11-6-15-3-2-14-11/h4-5,11,14H,2-3,6H2,1H3. The van der Waals surface area contributed by atoms with Crippen molar-refractivity contribution >= 4 is 15.9 Å². The summed E-state index contributed by atoms with van der Waals surface area (Å²) < 4.78 is 19.8. The van der Waals surface area contributed by atoms with Crippen LogP contribution in [0.15, 0.2) is 16.6 Å². The second-order valence-electron chi connectivity index (χ2n) is 3.70. The SMILES string of the molecule is Cc1cc(C2COCCN2)c(F)cc1Br. The van der Waals surface area contributed by atoms with Crippen molar-refractivity contribution in [1.29, 1.82) is 0 Å². The van der Waals surface area contributed by atoms with Gasteiger partial charge in [-0.1, -0.05) is 22.0 Å². The lowest BCUT2D eigenvalue weighted by Gasteiger charge is -2.25. The van der Waals surface area contributed by atoms with Gasteiger partial charge in [-0.15, -0.1) is 0 Å². The lowest BCUT2D eigenvalue weighted by molar-refractivity contribution is 0.0757. The molecule has 0 radical (unpaired) electrons. The third kappa shape index (κ3) is 2.38. The highest BCUT2D eigenvalue weighted by molar-refractivity contribution is 9.10. The van der Waals surface area contributed by atoms with E-state index in [4.69, 9.17) is 4.74 Å². The fourth-order valence-corrected chi connectivity index (χ4v) is 2.03. The molecule has 82 valence electrons. The molecule has 0 aromatic heterocycles. The van der Waals surface area contributed by atoms with Crippen LogP contribution >= 0.6 is 15.9 Å². The van der Waals surface area contributed by atoms with Gasteiger partial charge < -0.3 is 10.1 Å². The summed E-state index contributed by atoms with van der Waals surface area (Å²) in [6.45, 7) is 3.97. The van der Waals surface area contributed by atoms with E-state index in [0.717, 1.165) is 16.6 Å². The summed E-state index contributed by atoms with van der Waals surface area (Å²) >= 11 is 3.31. The van der Waals surface area contributed by atoms with E-state index in [2.05, 4.69) is 21.2 Å². The summed E-state index contributed by atoms with van der Waals surface area (Å²) in [6.07, 6.45) is 0. The third-order valence-corrected chi connectivity index (χ3v) is 3.43. The number of morpholine rings is 1. The van der Waals surface area contributed by atoms with Gasteiger partial charge >= 0.3 is 0 Å². The number of nitrogens with one attached hydrogen (secondary N) is 1. The van der Waals surface area contributed by atoms with Gasteiger partial charge in [-0.25, -0.2) is 4.39 Å². The van der Waals surface area contributed by atoms with Gasteiger partial charge in [0.05, 0.1) is 19.3 Å². The van der Waals surface area contributed by atoms with Crippen molar-refractivity contribution in [2.75, 3.05) is 19.8 Å².